The van der Waals surface area contributed by atoms with E-state index in [-0.39, 0.29) is 0 Å². The molecular formula is C26H43N7O2. The molecule has 2 fully saturated rings. The number of fused-ring (bicyclic) bond motifs is 1. The number of benzene rings is 1. The van der Waals surface area contributed by atoms with Crippen LogP contribution in [0.4, 0.5) is 11.8 Å². The zero-order chi connectivity index (χ0) is 24.6. The number of unbranched alkanes of at least 4 members (excludes halogenated alkanes) is 2. The van der Waals surface area contributed by atoms with E-state index >= 15 is 0 Å². The molecule has 0 unspecified atom stereocenters. The van der Waals surface area contributed by atoms with Gasteiger partial charge in [0.1, 0.15) is 5.82 Å². The van der Waals surface area contributed by atoms with Crippen LogP contribution in [0.3, 0.4) is 0 Å². The van der Waals surface area contributed by atoms with E-state index in [9.17, 15) is 0 Å². The second-order valence-corrected chi connectivity index (χ2v) is 9.96. The van der Waals surface area contributed by atoms with Gasteiger partial charge in [-0.15, -0.1) is 0 Å². The molecular weight excluding hydrogens is 442 g/mol. The monoisotopic (exact) mass is 485 g/mol. The molecule has 0 atom stereocenters. The average molecular weight is 486 g/mol. The average Bonchev–Trinajstić information content (AvgIpc) is 3.09. The van der Waals surface area contributed by atoms with Crippen molar-refractivity contribution in [3.8, 4) is 11.5 Å². The van der Waals surface area contributed by atoms with E-state index in [0.717, 1.165) is 119 Å². The number of nitrogens with two attached hydrogens (primary N) is 1. The molecule has 0 radical (unpaired) electrons. The first-order valence-corrected chi connectivity index (χ1v) is 13.2. The fourth-order valence-electron chi connectivity index (χ4n) is 4.85. The maximum Gasteiger partial charge on any atom is 0.227 e. The van der Waals surface area contributed by atoms with Crippen molar-refractivity contribution in [2.75, 3.05) is 83.8 Å². The zero-order valence-electron chi connectivity index (χ0n) is 21.8. The Labute approximate surface area is 210 Å². The van der Waals surface area contributed by atoms with E-state index in [1.807, 2.05) is 12.1 Å². The van der Waals surface area contributed by atoms with Gasteiger partial charge in [-0.05, 0) is 84.9 Å². The topological polar surface area (TPSA) is 92.0 Å². The zero-order valence-corrected chi connectivity index (χ0v) is 21.8. The lowest BCUT2D eigenvalue weighted by Crippen LogP contribution is -2.37. The number of likely N-dealkylation sites (tertiary alicyclic amines) is 1. The molecule has 1 aromatic carbocycles. The third-order valence-corrected chi connectivity index (χ3v) is 7.14. The fourth-order valence-corrected chi connectivity index (χ4v) is 4.85. The molecule has 35 heavy (non-hydrogen) atoms. The van der Waals surface area contributed by atoms with Crippen LogP contribution in [-0.4, -0.2) is 99.4 Å². The molecule has 0 aliphatic carbocycles. The summed E-state index contributed by atoms with van der Waals surface area (Å²) in [7, 11) is 6.06. The van der Waals surface area contributed by atoms with Crippen LogP contribution in [0.25, 0.3) is 10.9 Å². The Hall–Kier alpha value is -2.36. The minimum absolute atomic E-state index is 0.400. The van der Waals surface area contributed by atoms with Gasteiger partial charge in [-0.1, -0.05) is 0 Å². The van der Waals surface area contributed by atoms with Crippen molar-refractivity contribution < 1.29 is 9.47 Å². The van der Waals surface area contributed by atoms with E-state index in [0.29, 0.717) is 12.6 Å². The molecule has 3 N–H and O–H groups in total. The van der Waals surface area contributed by atoms with Crippen molar-refractivity contribution in [2.24, 2.45) is 5.73 Å². The maximum absolute atomic E-state index is 6.13. The molecule has 9 nitrogen and oxygen atoms in total. The number of hydrogen-bond acceptors (Lipinski definition) is 9. The fraction of sp³-hybridized carbons (Fsp3) is 0.692. The highest BCUT2D eigenvalue weighted by Gasteiger charge is 2.22. The molecule has 0 saturated carbocycles. The first kappa shape index (κ1) is 25.7. The van der Waals surface area contributed by atoms with Crippen LogP contribution in [0.15, 0.2) is 12.1 Å². The summed E-state index contributed by atoms with van der Waals surface area (Å²) in [6.07, 6.45) is 6.37. The number of methoxy groups -OCH3 is 1. The molecule has 9 heteroatoms. The van der Waals surface area contributed by atoms with Gasteiger partial charge in [-0.3, -0.25) is 0 Å². The molecule has 2 aliphatic rings. The molecule has 2 aliphatic heterocycles. The summed E-state index contributed by atoms with van der Waals surface area (Å²) >= 11 is 0. The van der Waals surface area contributed by atoms with Gasteiger partial charge in [0.15, 0.2) is 11.5 Å². The van der Waals surface area contributed by atoms with E-state index < -0.39 is 0 Å². The second kappa shape index (κ2) is 12.6. The van der Waals surface area contributed by atoms with Crippen LogP contribution in [0.2, 0.25) is 0 Å². The molecule has 2 aromatic rings. The van der Waals surface area contributed by atoms with Gasteiger partial charge in [0.2, 0.25) is 5.95 Å². The normalized spacial score (nSPS) is 18.6. The number of piperidine rings is 1. The summed E-state index contributed by atoms with van der Waals surface area (Å²) in [5.41, 5.74) is 6.51. The number of anilines is 2. The second-order valence-electron chi connectivity index (χ2n) is 9.96. The number of nitrogens with zero attached hydrogens (tertiary/aromatic N) is 5. The number of rotatable bonds is 10. The largest absolute Gasteiger partial charge is 0.493 e. The summed E-state index contributed by atoms with van der Waals surface area (Å²) in [5, 5.41) is 4.74. The van der Waals surface area contributed by atoms with Crippen molar-refractivity contribution in [1.82, 2.24) is 19.8 Å². The van der Waals surface area contributed by atoms with E-state index in [4.69, 9.17) is 25.2 Å². The van der Waals surface area contributed by atoms with E-state index in [2.05, 4.69) is 34.1 Å². The highest BCUT2D eigenvalue weighted by Crippen LogP contribution is 2.36. The SMILES string of the molecule is COc1cc2c(NC3CCN(C)CC3)nc(N3CCCN(C)CC3)nc2cc1OCCCCCN. The predicted molar refractivity (Wildman–Crippen MR) is 143 cm³/mol. The molecule has 4 rings (SSSR count). The molecule has 0 spiro atoms. The van der Waals surface area contributed by atoms with Gasteiger partial charge >= 0.3 is 0 Å². The molecule has 3 heterocycles. The number of ether oxygens (including phenoxy) is 2. The van der Waals surface area contributed by atoms with Crippen LogP contribution in [-0.2, 0) is 0 Å². The summed E-state index contributed by atoms with van der Waals surface area (Å²) in [4.78, 5) is 17.2. The predicted octanol–water partition coefficient (Wildman–Crippen LogP) is 2.79. The smallest absolute Gasteiger partial charge is 0.227 e. The van der Waals surface area contributed by atoms with Crippen molar-refractivity contribution in [3.63, 3.8) is 0 Å². The maximum atomic E-state index is 6.13. The lowest BCUT2D eigenvalue weighted by Gasteiger charge is -2.30. The molecule has 0 bridgehead atoms. The Morgan fingerprint density at radius 2 is 1.74 bits per heavy atom. The Bertz CT molecular complexity index is 949. The van der Waals surface area contributed by atoms with Crippen molar-refractivity contribution in [1.29, 1.82) is 0 Å². The molecule has 1 aromatic heterocycles. The number of nitrogens with one attached hydrogen (secondary N) is 1. The molecule has 0 amide bonds. The first-order valence-electron chi connectivity index (χ1n) is 13.2. The number of likely N-dealkylation sites (N-methyl/N-ethyl adjacent to an activating group) is 1. The minimum atomic E-state index is 0.400. The van der Waals surface area contributed by atoms with Gasteiger partial charge in [0, 0.05) is 37.1 Å². The quantitative estimate of drug-likeness (QED) is 0.493. The van der Waals surface area contributed by atoms with Crippen LogP contribution >= 0.6 is 0 Å². The lowest BCUT2D eigenvalue weighted by atomic mass is 10.1. The highest BCUT2D eigenvalue weighted by molar-refractivity contribution is 5.93. The van der Waals surface area contributed by atoms with E-state index in [1.54, 1.807) is 7.11 Å². The number of hydrogen-bond donors (Lipinski definition) is 2. The van der Waals surface area contributed by atoms with Gasteiger partial charge in [-0.2, -0.15) is 4.98 Å². The van der Waals surface area contributed by atoms with Crippen LogP contribution in [0, 0.1) is 0 Å². The van der Waals surface area contributed by atoms with Crippen molar-refractivity contribution in [2.45, 2.75) is 44.6 Å². The van der Waals surface area contributed by atoms with Gasteiger partial charge < -0.3 is 35.2 Å². The van der Waals surface area contributed by atoms with Crippen molar-refractivity contribution in [3.05, 3.63) is 12.1 Å². The third kappa shape index (κ3) is 6.86. The summed E-state index contributed by atoms with van der Waals surface area (Å²) in [6.45, 7) is 7.55. The third-order valence-electron chi connectivity index (χ3n) is 7.14. The standard InChI is InChI=1S/C26H43N7O2/c1-31-11-7-12-33(16-15-31)26-29-22-19-24(35-17-6-4-5-10-27)23(34-3)18-21(22)25(30-26)28-20-8-13-32(2)14-9-20/h18-20H,4-17,27H2,1-3H3,(H,28,29,30). The summed E-state index contributed by atoms with van der Waals surface area (Å²) in [6, 6.07) is 4.45. The van der Waals surface area contributed by atoms with Gasteiger partial charge in [0.05, 0.1) is 19.2 Å². The summed E-state index contributed by atoms with van der Waals surface area (Å²) < 4.78 is 11.8. The Balaban J connectivity index is 1.65. The molecule has 194 valence electrons. The van der Waals surface area contributed by atoms with E-state index in [1.165, 1.54) is 0 Å². The van der Waals surface area contributed by atoms with Crippen LogP contribution in [0.1, 0.15) is 38.5 Å². The van der Waals surface area contributed by atoms with Crippen LogP contribution in [0.5, 0.6) is 11.5 Å². The lowest BCUT2D eigenvalue weighted by molar-refractivity contribution is 0.263. The molecule has 2 saturated heterocycles. The van der Waals surface area contributed by atoms with Crippen LogP contribution < -0.4 is 25.4 Å². The van der Waals surface area contributed by atoms with Gasteiger partial charge in [-0.25, -0.2) is 4.98 Å². The van der Waals surface area contributed by atoms with Crippen molar-refractivity contribution >= 4 is 22.7 Å². The number of aromatic nitrogens is 2. The Kier molecular flexibility index (Phi) is 9.23. The van der Waals surface area contributed by atoms with Gasteiger partial charge in [0.25, 0.3) is 0 Å². The minimum Gasteiger partial charge on any atom is -0.493 e. The summed E-state index contributed by atoms with van der Waals surface area (Å²) in [5.74, 6) is 3.14. The Morgan fingerprint density at radius 1 is 0.943 bits per heavy atom. The first-order chi connectivity index (χ1) is 17.1. The highest BCUT2D eigenvalue weighted by atomic mass is 16.5. The Morgan fingerprint density at radius 3 is 2.51 bits per heavy atom.